The summed E-state index contributed by atoms with van der Waals surface area (Å²) in [6.45, 7) is 0. The Morgan fingerprint density at radius 2 is 2.13 bits per heavy atom. The SMILES string of the molecule is C#CCC(=O)C(=O)OC1CCS(=O)(=O)C1. The number of sulfone groups is 1. The second-order valence-electron chi connectivity index (χ2n) is 3.23. The Hall–Kier alpha value is -1.35. The van der Waals surface area contributed by atoms with E-state index in [0.29, 0.717) is 0 Å². The predicted molar refractivity (Wildman–Crippen MR) is 51.6 cm³/mol. The Balaban J connectivity index is 2.48. The molecule has 1 fully saturated rings. The molecular formula is C9H10O5S. The highest BCUT2D eigenvalue weighted by atomic mass is 32.2. The summed E-state index contributed by atoms with van der Waals surface area (Å²) in [5.74, 6) is -0.0551. The maximum absolute atomic E-state index is 11.0. The van der Waals surface area contributed by atoms with E-state index in [9.17, 15) is 18.0 Å². The molecule has 1 aliphatic heterocycles. The van der Waals surface area contributed by atoms with Gasteiger partial charge in [0.1, 0.15) is 6.10 Å². The third-order valence-electron chi connectivity index (χ3n) is 1.95. The van der Waals surface area contributed by atoms with Crippen molar-refractivity contribution in [3.63, 3.8) is 0 Å². The third kappa shape index (κ3) is 3.36. The average molecular weight is 230 g/mol. The van der Waals surface area contributed by atoms with E-state index in [4.69, 9.17) is 11.2 Å². The predicted octanol–water partition coefficient (Wildman–Crippen LogP) is -0.691. The number of esters is 1. The number of carbonyl (C=O) groups excluding carboxylic acids is 2. The first kappa shape index (κ1) is 11.7. The molecule has 0 spiro atoms. The molecular weight excluding hydrogens is 220 g/mol. The van der Waals surface area contributed by atoms with Gasteiger partial charge in [0, 0.05) is 0 Å². The van der Waals surface area contributed by atoms with Gasteiger partial charge in [0.05, 0.1) is 17.9 Å². The molecule has 1 rings (SSSR count). The minimum atomic E-state index is -3.11. The summed E-state index contributed by atoms with van der Waals surface area (Å²) in [4.78, 5) is 22.0. The van der Waals surface area contributed by atoms with Gasteiger partial charge in [0.25, 0.3) is 5.78 Å². The lowest BCUT2D eigenvalue weighted by molar-refractivity contribution is -0.156. The van der Waals surface area contributed by atoms with Crippen molar-refractivity contribution in [3.05, 3.63) is 0 Å². The van der Waals surface area contributed by atoms with Crippen molar-refractivity contribution in [2.75, 3.05) is 11.5 Å². The lowest BCUT2D eigenvalue weighted by Gasteiger charge is -2.07. The first-order valence-corrected chi connectivity index (χ1v) is 6.14. The standard InChI is InChI=1S/C9H10O5S/c1-2-3-8(10)9(11)14-7-4-5-15(12,13)6-7/h1,7H,3-6H2. The summed E-state index contributed by atoms with van der Waals surface area (Å²) in [6, 6.07) is 0. The third-order valence-corrected chi connectivity index (χ3v) is 3.69. The summed E-state index contributed by atoms with van der Waals surface area (Å²) < 4.78 is 26.7. The molecule has 15 heavy (non-hydrogen) atoms. The summed E-state index contributed by atoms with van der Waals surface area (Å²) in [5.41, 5.74) is 0. The smallest absolute Gasteiger partial charge is 0.375 e. The Bertz CT molecular complexity index is 414. The molecule has 1 aliphatic rings. The number of ketones is 1. The summed E-state index contributed by atoms with van der Waals surface area (Å²) in [5, 5.41) is 0. The van der Waals surface area contributed by atoms with Crippen molar-refractivity contribution in [3.8, 4) is 12.3 Å². The highest BCUT2D eigenvalue weighted by Gasteiger charge is 2.31. The van der Waals surface area contributed by atoms with Crippen LogP contribution in [0.4, 0.5) is 0 Å². The molecule has 0 saturated carbocycles. The number of ether oxygens (including phenoxy) is 1. The van der Waals surface area contributed by atoms with E-state index in [2.05, 4.69) is 0 Å². The molecule has 0 aromatic carbocycles. The van der Waals surface area contributed by atoms with Gasteiger partial charge >= 0.3 is 5.97 Å². The molecule has 1 heterocycles. The molecule has 6 heteroatoms. The molecule has 0 aliphatic carbocycles. The van der Waals surface area contributed by atoms with Crippen molar-refractivity contribution < 1.29 is 22.7 Å². The molecule has 0 N–H and O–H groups in total. The lowest BCUT2D eigenvalue weighted by atomic mass is 10.3. The summed E-state index contributed by atoms with van der Waals surface area (Å²) in [7, 11) is -3.11. The van der Waals surface area contributed by atoms with Crippen molar-refractivity contribution in [1.29, 1.82) is 0 Å². The quantitative estimate of drug-likeness (QED) is 0.364. The van der Waals surface area contributed by atoms with E-state index in [-0.39, 0.29) is 24.3 Å². The number of hydrogen-bond donors (Lipinski definition) is 0. The van der Waals surface area contributed by atoms with Crippen LogP contribution in [-0.4, -0.2) is 37.8 Å². The Labute approximate surface area is 87.7 Å². The van der Waals surface area contributed by atoms with Gasteiger partial charge in [-0.3, -0.25) is 4.79 Å². The minimum Gasteiger partial charge on any atom is -0.456 e. The summed E-state index contributed by atoms with van der Waals surface area (Å²) in [6.07, 6.45) is 4.07. The molecule has 82 valence electrons. The van der Waals surface area contributed by atoms with Crippen LogP contribution >= 0.6 is 0 Å². The summed E-state index contributed by atoms with van der Waals surface area (Å²) >= 11 is 0. The van der Waals surface area contributed by atoms with Crippen LogP contribution in [0.2, 0.25) is 0 Å². The second-order valence-corrected chi connectivity index (χ2v) is 5.46. The minimum absolute atomic E-state index is 0.00568. The van der Waals surface area contributed by atoms with Gasteiger partial charge in [0.2, 0.25) is 0 Å². The number of hydrogen-bond acceptors (Lipinski definition) is 5. The van der Waals surface area contributed by atoms with Crippen molar-refractivity contribution in [1.82, 2.24) is 0 Å². The van der Waals surface area contributed by atoms with Crippen LogP contribution in [0.25, 0.3) is 0 Å². The van der Waals surface area contributed by atoms with Gasteiger partial charge in [-0.05, 0) is 6.42 Å². The molecule has 0 amide bonds. The van der Waals surface area contributed by atoms with Crippen LogP contribution in [0.3, 0.4) is 0 Å². The monoisotopic (exact) mass is 230 g/mol. The van der Waals surface area contributed by atoms with E-state index < -0.39 is 27.7 Å². The van der Waals surface area contributed by atoms with Crippen LogP contribution in [0, 0.1) is 12.3 Å². The molecule has 1 atom stereocenters. The highest BCUT2D eigenvalue weighted by molar-refractivity contribution is 7.91. The fourth-order valence-electron chi connectivity index (χ4n) is 1.24. The molecule has 0 radical (unpaired) electrons. The maximum atomic E-state index is 11.0. The fraction of sp³-hybridized carbons (Fsp3) is 0.556. The van der Waals surface area contributed by atoms with Crippen LogP contribution in [0.15, 0.2) is 0 Å². The Morgan fingerprint density at radius 3 is 2.60 bits per heavy atom. The molecule has 0 bridgehead atoms. The van der Waals surface area contributed by atoms with Crippen molar-refractivity contribution in [2.45, 2.75) is 18.9 Å². The van der Waals surface area contributed by atoms with Gasteiger partial charge in [-0.1, -0.05) is 5.92 Å². The van der Waals surface area contributed by atoms with E-state index >= 15 is 0 Å². The zero-order chi connectivity index (χ0) is 11.5. The van der Waals surface area contributed by atoms with Gasteiger partial charge < -0.3 is 4.74 Å². The Morgan fingerprint density at radius 1 is 1.47 bits per heavy atom. The first-order valence-electron chi connectivity index (χ1n) is 4.32. The van der Waals surface area contributed by atoms with Crippen LogP contribution in [0.5, 0.6) is 0 Å². The number of Topliss-reactive ketones (excluding diaryl/α,β-unsaturated/α-hetero) is 1. The van der Waals surface area contributed by atoms with Crippen LogP contribution < -0.4 is 0 Å². The average Bonchev–Trinajstić information content (AvgIpc) is 2.46. The number of rotatable bonds is 3. The van der Waals surface area contributed by atoms with Crippen molar-refractivity contribution >= 4 is 21.6 Å². The fourth-order valence-corrected chi connectivity index (χ4v) is 2.83. The van der Waals surface area contributed by atoms with E-state index in [1.165, 1.54) is 0 Å². The zero-order valence-corrected chi connectivity index (χ0v) is 8.75. The Kier molecular flexibility index (Phi) is 3.48. The second kappa shape index (κ2) is 4.45. The van der Waals surface area contributed by atoms with Crippen molar-refractivity contribution in [2.24, 2.45) is 0 Å². The van der Waals surface area contributed by atoms with Gasteiger partial charge in [0.15, 0.2) is 9.84 Å². The number of terminal acetylenes is 1. The molecule has 0 aromatic heterocycles. The first-order chi connectivity index (χ1) is 6.94. The topological polar surface area (TPSA) is 77.5 Å². The van der Waals surface area contributed by atoms with Crippen LogP contribution in [-0.2, 0) is 24.2 Å². The molecule has 5 nitrogen and oxygen atoms in total. The normalized spacial score (nSPS) is 23.0. The van der Waals surface area contributed by atoms with Gasteiger partial charge in [-0.2, -0.15) is 0 Å². The lowest BCUT2D eigenvalue weighted by Crippen LogP contribution is -2.24. The van der Waals surface area contributed by atoms with Gasteiger partial charge in [-0.15, -0.1) is 6.42 Å². The molecule has 1 unspecified atom stereocenters. The van der Waals surface area contributed by atoms with E-state index in [1.807, 2.05) is 5.92 Å². The van der Waals surface area contributed by atoms with Crippen LogP contribution in [0.1, 0.15) is 12.8 Å². The zero-order valence-electron chi connectivity index (χ0n) is 7.93. The maximum Gasteiger partial charge on any atom is 0.375 e. The largest absolute Gasteiger partial charge is 0.456 e. The molecule has 0 aromatic rings. The van der Waals surface area contributed by atoms with Gasteiger partial charge in [-0.25, -0.2) is 13.2 Å². The van der Waals surface area contributed by atoms with E-state index in [1.54, 1.807) is 0 Å². The highest BCUT2D eigenvalue weighted by Crippen LogP contribution is 2.15. The number of carbonyl (C=O) groups is 2. The van der Waals surface area contributed by atoms with E-state index in [0.717, 1.165) is 0 Å². The molecule has 1 saturated heterocycles.